The molecule has 27 heavy (non-hydrogen) atoms. The molecule has 1 aromatic rings. The number of hydrogen-bond donors (Lipinski definition) is 2. The van der Waals surface area contributed by atoms with Crippen molar-refractivity contribution < 1.29 is 9.59 Å². The SMILES string of the molecule is CCCN1c2cc(C)c(C=C3C(=O)NC(=S)NC3=O)cc2C(C)=CC1(C)C. The zero-order valence-corrected chi connectivity index (χ0v) is 17.2. The highest BCUT2D eigenvalue weighted by Crippen LogP contribution is 2.40. The average Bonchev–Trinajstić information content (AvgIpc) is 2.55. The molecule has 2 amide bonds. The molecule has 0 aliphatic carbocycles. The van der Waals surface area contributed by atoms with Crippen LogP contribution >= 0.6 is 12.2 Å². The van der Waals surface area contributed by atoms with Crippen LogP contribution < -0.4 is 15.5 Å². The number of benzene rings is 1. The van der Waals surface area contributed by atoms with E-state index < -0.39 is 11.8 Å². The van der Waals surface area contributed by atoms with Crippen molar-refractivity contribution in [3.63, 3.8) is 0 Å². The van der Waals surface area contributed by atoms with Gasteiger partial charge >= 0.3 is 0 Å². The van der Waals surface area contributed by atoms with Gasteiger partial charge < -0.3 is 4.90 Å². The summed E-state index contributed by atoms with van der Waals surface area (Å²) in [6, 6.07) is 4.22. The molecule has 1 aromatic carbocycles. The van der Waals surface area contributed by atoms with Crippen LogP contribution in [0.4, 0.5) is 5.69 Å². The molecule has 0 saturated carbocycles. The minimum absolute atomic E-state index is 0.0422. The van der Waals surface area contributed by atoms with E-state index in [0.29, 0.717) is 0 Å². The number of nitrogens with zero attached hydrogens (tertiary/aromatic N) is 1. The minimum atomic E-state index is -0.470. The van der Waals surface area contributed by atoms with Crippen LogP contribution in [0.5, 0.6) is 0 Å². The summed E-state index contributed by atoms with van der Waals surface area (Å²) in [5.74, 6) is -0.941. The summed E-state index contributed by atoms with van der Waals surface area (Å²) in [5, 5.41) is 5.00. The minimum Gasteiger partial charge on any atom is -0.362 e. The highest BCUT2D eigenvalue weighted by Gasteiger charge is 2.31. The number of fused-ring (bicyclic) bond motifs is 1. The lowest BCUT2D eigenvalue weighted by molar-refractivity contribution is -0.123. The van der Waals surface area contributed by atoms with E-state index in [1.165, 1.54) is 11.3 Å². The lowest BCUT2D eigenvalue weighted by Gasteiger charge is -2.43. The largest absolute Gasteiger partial charge is 0.362 e. The third kappa shape index (κ3) is 3.54. The van der Waals surface area contributed by atoms with Crippen LogP contribution in [0.15, 0.2) is 23.8 Å². The molecule has 5 nitrogen and oxygen atoms in total. The van der Waals surface area contributed by atoms with E-state index in [-0.39, 0.29) is 16.2 Å². The number of nitrogens with one attached hydrogen (secondary N) is 2. The first-order valence-electron chi connectivity index (χ1n) is 9.14. The van der Waals surface area contributed by atoms with Crippen LogP contribution in [-0.2, 0) is 9.59 Å². The van der Waals surface area contributed by atoms with Gasteiger partial charge in [0, 0.05) is 17.8 Å². The van der Waals surface area contributed by atoms with E-state index in [4.69, 9.17) is 12.2 Å². The topological polar surface area (TPSA) is 61.4 Å². The number of allylic oxidation sites excluding steroid dienone is 1. The molecule has 142 valence electrons. The van der Waals surface area contributed by atoms with E-state index in [0.717, 1.165) is 29.7 Å². The molecule has 0 bridgehead atoms. The molecule has 3 rings (SSSR count). The molecular formula is C21H25N3O2S. The number of carbonyl (C=O) groups is 2. The van der Waals surface area contributed by atoms with Crippen molar-refractivity contribution in [2.24, 2.45) is 0 Å². The molecule has 1 saturated heterocycles. The van der Waals surface area contributed by atoms with Gasteiger partial charge in [-0.05, 0) is 81.2 Å². The number of hydrogen-bond acceptors (Lipinski definition) is 4. The van der Waals surface area contributed by atoms with Crippen molar-refractivity contribution in [2.75, 3.05) is 11.4 Å². The molecule has 0 unspecified atom stereocenters. The van der Waals surface area contributed by atoms with E-state index in [9.17, 15) is 9.59 Å². The quantitative estimate of drug-likeness (QED) is 0.478. The van der Waals surface area contributed by atoms with Crippen LogP contribution in [0.25, 0.3) is 11.6 Å². The van der Waals surface area contributed by atoms with Gasteiger partial charge in [-0.15, -0.1) is 0 Å². The summed E-state index contributed by atoms with van der Waals surface area (Å²) >= 11 is 4.85. The smallest absolute Gasteiger partial charge is 0.263 e. The Hall–Kier alpha value is -2.47. The maximum Gasteiger partial charge on any atom is 0.263 e. The highest BCUT2D eigenvalue weighted by molar-refractivity contribution is 7.80. The van der Waals surface area contributed by atoms with Gasteiger partial charge in [0.1, 0.15) is 5.57 Å². The lowest BCUT2D eigenvalue weighted by Crippen LogP contribution is -2.51. The van der Waals surface area contributed by atoms with E-state index in [1.807, 2.05) is 6.92 Å². The summed E-state index contributed by atoms with van der Waals surface area (Å²) in [4.78, 5) is 26.7. The Labute approximate surface area is 165 Å². The van der Waals surface area contributed by atoms with Crippen LogP contribution in [0, 0.1) is 6.92 Å². The Balaban J connectivity index is 2.11. The summed E-state index contributed by atoms with van der Waals surface area (Å²) in [6.07, 6.45) is 4.97. The molecule has 2 aliphatic rings. The normalized spacial score (nSPS) is 18.6. The molecule has 1 fully saturated rings. The summed E-state index contributed by atoms with van der Waals surface area (Å²) in [7, 11) is 0. The fourth-order valence-electron chi connectivity index (χ4n) is 3.79. The van der Waals surface area contributed by atoms with Gasteiger partial charge in [0.25, 0.3) is 11.8 Å². The molecule has 0 atom stereocenters. The van der Waals surface area contributed by atoms with Gasteiger partial charge in [0.2, 0.25) is 0 Å². The van der Waals surface area contributed by atoms with E-state index in [2.05, 4.69) is 61.4 Å². The fraction of sp³-hybridized carbons (Fsp3) is 0.381. The maximum absolute atomic E-state index is 12.2. The summed E-state index contributed by atoms with van der Waals surface area (Å²) in [6.45, 7) is 11.7. The Morgan fingerprint density at radius 2 is 1.78 bits per heavy atom. The molecule has 2 N–H and O–H groups in total. The number of aryl methyl sites for hydroxylation is 1. The third-order valence-electron chi connectivity index (χ3n) is 5.06. The molecule has 0 spiro atoms. The second-order valence-corrected chi connectivity index (χ2v) is 8.06. The Kier molecular flexibility index (Phi) is 4.95. The Bertz CT molecular complexity index is 890. The van der Waals surface area contributed by atoms with Gasteiger partial charge in [-0.25, -0.2) is 0 Å². The summed E-state index contributed by atoms with van der Waals surface area (Å²) < 4.78 is 0. The number of carbonyl (C=O) groups excluding carboxylic acids is 2. The van der Waals surface area contributed by atoms with Crippen molar-refractivity contribution in [3.05, 3.63) is 40.5 Å². The van der Waals surface area contributed by atoms with Gasteiger partial charge in [0.05, 0.1) is 5.54 Å². The van der Waals surface area contributed by atoms with Crippen LogP contribution in [0.3, 0.4) is 0 Å². The summed E-state index contributed by atoms with van der Waals surface area (Å²) in [5.41, 5.74) is 5.40. The van der Waals surface area contributed by atoms with Crippen molar-refractivity contribution >= 4 is 46.5 Å². The van der Waals surface area contributed by atoms with Crippen molar-refractivity contribution in [2.45, 2.75) is 46.6 Å². The predicted octanol–water partition coefficient (Wildman–Crippen LogP) is 3.32. The van der Waals surface area contributed by atoms with Crippen molar-refractivity contribution in [1.82, 2.24) is 10.6 Å². The second kappa shape index (κ2) is 6.93. The molecule has 6 heteroatoms. The molecule has 2 aliphatic heterocycles. The lowest BCUT2D eigenvalue weighted by atomic mass is 9.86. The molecule has 0 aromatic heterocycles. The Morgan fingerprint density at radius 3 is 2.37 bits per heavy atom. The van der Waals surface area contributed by atoms with Crippen molar-refractivity contribution in [1.29, 1.82) is 0 Å². The van der Waals surface area contributed by atoms with Crippen LogP contribution in [0.1, 0.15) is 50.8 Å². The van der Waals surface area contributed by atoms with E-state index in [1.54, 1.807) is 6.08 Å². The standard InChI is InChI=1S/C21H25N3O2S/c1-6-7-24-17-8-12(2)14(9-15(17)13(3)11-21(24,4)5)10-16-18(25)22-20(27)23-19(16)26/h8-11H,6-7H2,1-5H3,(H2,22,23,25,26,27). The van der Waals surface area contributed by atoms with Gasteiger partial charge in [-0.3, -0.25) is 20.2 Å². The number of rotatable bonds is 3. The van der Waals surface area contributed by atoms with Gasteiger partial charge in [-0.2, -0.15) is 0 Å². The number of thiocarbonyl (C=S) groups is 1. The van der Waals surface area contributed by atoms with Gasteiger partial charge in [-0.1, -0.05) is 13.0 Å². The fourth-order valence-corrected chi connectivity index (χ4v) is 3.98. The number of amides is 2. The maximum atomic E-state index is 12.2. The van der Waals surface area contributed by atoms with Crippen LogP contribution in [-0.4, -0.2) is 29.0 Å². The first-order chi connectivity index (χ1) is 12.6. The highest BCUT2D eigenvalue weighted by atomic mass is 32.1. The van der Waals surface area contributed by atoms with Gasteiger partial charge in [0.15, 0.2) is 5.11 Å². The first kappa shape index (κ1) is 19.3. The average molecular weight is 384 g/mol. The zero-order valence-electron chi connectivity index (χ0n) is 16.4. The Morgan fingerprint density at radius 1 is 1.15 bits per heavy atom. The predicted molar refractivity (Wildman–Crippen MR) is 113 cm³/mol. The zero-order chi connectivity index (χ0) is 19.9. The third-order valence-corrected chi connectivity index (χ3v) is 5.26. The molecule has 0 radical (unpaired) electrons. The van der Waals surface area contributed by atoms with E-state index >= 15 is 0 Å². The van der Waals surface area contributed by atoms with Crippen molar-refractivity contribution in [3.8, 4) is 0 Å². The molecular weight excluding hydrogens is 358 g/mol. The second-order valence-electron chi connectivity index (χ2n) is 7.65. The van der Waals surface area contributed by atoms with Crippen LogP contribution in [0.2, 0.25) is 0 Å². The molecule has 2 heterocycles. The first-order valence-corrected chi connectivity index (χ1v) is 9.55. The number of anilines is 1. The monoisotopic (exact) mass is 383 g/mol.